The van der Waals surface area contributed by atoms with Gasteiger partial charge in [0.05, 0.1) is 0 Å². The van der Waals surface area contributed by atoms with Gasteiger partial charge >= 0.3 is 5.51 Å². The molecule has 0 aliphatic heterocycles. The molecule has 0 spiro atoms. The largest absolute Gasteiger partial charge is 0.446 e. The van der Waals surface area contributed by atoms with Gasteiger partial charge in [-0.3, -0.25) is 0 Å². The lowest BCUT2D eigenvalue weighted by molar-refractivity contribution is -0.0328. The summed E-state index contributed by atoms with van der Waals surface area (Å²) in [5.74, 6) is -0.473. The Balaban J connectivity index is 0.00000289. The van der Waals surface area contributed by atoms with E-state index < -0.39 is 11.3 Å². The van der Waals surface area contributed by atoms with Crippen LogP contribution >= 0.6 is 24.2 Å². The number of rotatable bonds is 4. The van der Waals surface area contributed by atoms with E-state index in [1.54, 1.807) is 6.07 Å². The summed E-state index contributed by atoms with van der Waals surface area (Å²) < 4.78 is 49.1. The van der Waals surface area contributed by atoms with Crippen LogP contribution in [0.4, 0.5) is 17.6 Å². The van der Waals surface area contributed by atoms with Crippen molar-refractivity contribution in [2.24, 2.45) is 5.73 Å². The smallest absolute Gasteiger partial charge is 0.325 e. The summed E-state index contributed by atoms with van der Waals surface area (Å²) in [4.78, 5) is 0.0940. The van der Waals surface area contributed by atoms with Crippen LogP contribution in [0.1, 0.15) is 5.56 Å². The van der Waals surface area contributed by atoms with Crippen LogP contribution in [-0.2, 0) is 6.42 Å². The van der Waals surface area contributed by atoms with Gasteiger partial charge in [-0.1, -0.05) is 12.1 Å². The molecule has 1 aromatic rings. The summed E-state index contributed by atoms with van der Waals surface area (Å²) in [6, 6.07) is 5.90. The second kappa shape index (κ2) is 7.66. The van der Waals surface area contributed by atoms with Crippen LogP contribution in [0.25, 0.3) is 0 Å². The third-order valence-electron chi connectivity index (χ3n) is 1.89. The molecule has 0 radical (unpaired) electrons. The van der Waals surface area contributed by atoms with Gasteiger partial charge in [-0.2, -0.15) is 13.2 Å². The van der Waals surface area contributed by atoms with Gasteiger partial charge in [0, 0.05) is 11.4 Å². The van der Waals surface area contributed by atoms with Crippen LogP contribution in [0, 0.1) is 0 Å². The van der Waals surface area contributed by atoms with Crippen LogP contribution in [0.15, 0.2) is 41.1 Å². The van der Waals surface area contributed by atoms with Crippen molar-refractivity contribution >= 4 is 24.2 Å². The molecule has 7 heteroatoms. The molecule has 1 rings (SSSR count). The highest BCUT2D eigenvalue weighted by Gasteiger charge is 2.29. The van der Waals surface area contributed by atoms with E-state index in [0.717, 1.165) is 0 Å². The Morgan fingerprint density at radius 1 is 1.33 bits per heavy atom. The first-order valence-electron chi connectivity index (χ1n) is 4.80. The molecular formula is C11H12ClF4NS. The molecule has 0 amide bonds. The highest BCUT2D eigenvalue weighted by Crippen LogP contribution is 2.36. The lowest BCUT2D eigenvalue weighted by atomic mass is 10.1. The average Bonchev–Trinajstić information content (AvgIpc) is 2.24. The van der Waals surface area contributed by atoms with Gasteiger partial charge in [0.25, 0.3) is 0 Å². The minimum Gasteiger partial charge on any atom is -0.325 e. The molecule has 18 heavy (non-hydrogen) atoms. The number of allylic oxidation sites excluding steroid dienone is 1. The van der Waals surface area contributed by atoms with Crippen molar-refractivity contribution in [3.63, 3.8) is 0 Å². The summed E-state index contributed by atoms with van der Waals surface area (Å²) in [7, 11) is 0. The maximum absolute atomic E-state index is 12.7. The van der Waals surface area contributed by atoms with E-state index in [1.165, 1.54) is 24.3 Å². The van der Waals surface area contributed by atoms with Crippen LogP contribution in [0.2, 0.25) is 0 Å². The first kappa shape index (κ1) is 17.3. The number of alkyl halides is 3. The molecule has 0 saturated carbocycles. The van der Waals surface area contributed by atoms with Crippen molar-refractivity contribution in [1.82, 2.24) is 0 Å². The summed E-state index contributed by atoms with van der Waals surface area (Å²) in [5, 5.41) is 0. The minimum absolute atomic E-state index is 0. The Bertz CT molecular complexity index is 406. The molecule has 0 aliphatic carbocycles. The van der Waals surface area contributed by atoms with Gasteiger partial charge in [0.2, 0.25) is 0 Å². The fourth-order valence-corrected chi connectivity index (χ4v) is 1.81. The quantitative estimate of drug-likeness (QED) is 0.670. The molecule has 0 fully saturated rings. The minimum atomic E-state index is -4.31. The van der Waals surface area contributed by atoms with E-state index in [1.807, 2.05) is 0 Å². The predicted molar refractivity (Wildman–Crippen MR) is 67.6 cm³/mol. The van der Waals surface area contributed by atoms with E-state index >= 15 is 0 Å². The SMILES string of the molecule is Cl.NC/C(F)=C\Cc1cccc(SC(F)(F)F)c1. The topological polar surface area (TPSA) is 26.0 Å². The van der Waals surface area contributed by atoms with Gasteiger partial charge in [0.1, 0.15) is 5.83 Å². The van der Waals surface area contributed by atoms with Crippen LogP contribution < -0.4 is 5.73 Å². The maximum Gasteiger partial charge on any atom is 0.446 e. The Kier molecular flexibility index (Phi) is 7.35. The number of nitrogens with two attached hydrogens (primary N) is 1. The van der Waals surface area contributed by atoms with E-state index in [9.17, 15) is 17.6 Å². The van der Waals surface area contributed by atoms with Gasteiger partial charge in [0.15, 0.2) is 0 Å². The maximum atomic E-state index is 12.7. The van der Waals surface area contributed by atoms with Crippen LogP contribution in [0.5, 0.6) is 0 Å². The molecule has 0 saturated heterocycles. The second-order valence-corrected chi connectivity index (χ2v) is 4.39. The third kappa shape index (κ3) is 6.88. The molecule has 0 atom stereocenters. The van der Waals surface area contributed by atoms with Crippen LogP contribution in [0.3, 0.4) is 0 Å². The Morgan fingerprint density at radius 2 is 2.00 bits per heavy atom. The zero-order valence-corrected chi connectivity index (χ0v) is 10.8. The van der Waals surface area contributed by atoms with Crippen molar-refractivity contribution in [1.29, 1.82) is 0 Å². The summed E-state index contributed by atoms with van der Waals surface area (Å²) >= 11 is -0.184. The number of hydrogen-bond donors (Lipinski definition) is 1. The van der Waals surface area contributed by atoms with E-state index in [0.29, 0.717) is 5.56 Å². The summed E-state index contributed by atoms with van der Waals surface area (Å²) in [6.07, 6.45) is 1.49. The number of thioether (sulfide) groups is 1. The second-order valence-electron chi connectivity index (χ2n) is 3.25. The van der Waals surface area contributed by atoms with Gasteiger partial charge < -0.3 is 5.73 Å². The number of hydrogen-bond acceptors (Lipinski definition) is 2. The number of benzene rings is 1. The van der Waals surface area contributed by atoms with Crippen LogP contribution in [-0.4, -0.2) is 12.1 Å². The van der Waals surface area contributed by atoms with E-state index in [4.69, 9.17) is 5.73 Å². The number of halogens is 5. The van der Waals surface area contributed by atoms with Crippen molar-refractivity contribution in [2.75, 3.05) is 6.54 Å². The molecule has 0 aliphatic rings. The van der Waals surface area contributed by atoms with Crippen molar-refractivity contribution in [2.45, 2.75) is 16.8 Å². The Hall–Kier alpha value is -0.720. The molecule has 2 N–H and O–H groups in total. The average molecular weight is 302 g/mol. The van der Waals surface area contributed by atoms with Crippen molar-refractivity contribution < 1.29 is 17.6 Å². The fourth-order valence-electron chi connectivity index (χ4n) is 1.18. The van der Waals surface area contributed by atoms with E-state index in [-0.39, 0.29) is 42.0 Å². The lowest BCUT2D eigenvalue weighted by Gasteiger charge is -2.06. The lowest BCUT2D eigenvalue weighted by Crippen LogP contribution is -2.00. The molecule has 0 heterocycles. The monoisotopic (exact) mass is 301 g/mol. The standard InChI is InChI=1S/C11H11F4NS.ClH/c12-9(7-16)5-4-8-2-1-3-10(6-8)17-11(13,14)15;/h1-3,5-6H,4,7,16H2;1H/b9-5+;. The van der Waals surface area contributed by atoms with Gasteiger partial charge in [-0.15, -0.1) is 12.4 Å². The molecule has 0 aromatic heterocycles. The molecule has 1 nitrogen and oxygen atoms in total. The first-order chi connectivity index (χ1) is 7.90. The first-order valence-corrected chi connectivity index (χ1v) is 5.61. The normalized spacial score (nSPS) is 12.2. The molecule has 1 aromatic carbocycles. The molecule has 0 bridgehead atoms. The predicted octanol–water partition coefficient (Wildman–Crippen LogP) is 4.07. The zero-order chi connectivity index (χ0) is 12.9. The highest BCUT2D eigenvalue weighted by molar-refractivity contribution is 8.00. The summed E-state index contributed by atoms with van der Waals surface area (Å²) in [5.41, 5.74) is 1.36. The third-order valence-corrected chi connectivity index (χ3v) is 2.61. The van der Waals surface area contributed by atoms with E-state index in [2.05, 4.69) is 0 Å². The Labute approximate surface area is 113 Å². The van der Waals surface area contributed by atoms with Crippen molar-refractivity contribution in [3.8, 4) is 0 Å². The molecule has 0 unspecified atom stereocenters. The summed E-state index contributed by atoms with van der Waals surface area (Å²) in [6.45, 7) is -0.197. The highest BCUT2D eigenvalue weighted by atomic mass is 35.5. The molecular weight excluding hydrogens is 290 g/mol. The van der Waals surface area contributed by atoms with Crippen molar-refractivity contribution in [3.05, 3.63) is 41.7 Å². The molecule has 102 valence electrons. The van der Waals surface area contributed by atoms with Gasteiger partial charge in [-0.05, 0) is 42.0 Å². The zero-order valence-electron chi connectivity index (χ0n) is 9.21. The van der Waals surface area contributed by atoms with Gasteiger partial charge in [-0.25, -0.2) is 4.39 Å². The Morgan fingerprint density at radius 3 is 2.56 bits per heavy atom. The fraction of sp³-hybridized carbons (Fsp3) is 0.273.